The Morgan fingerprint density at radius 2 is 1.87 bits per heavy atom. The highest BCUT2D eigenvalue weighted by Crippen LogP contribution is 2.43. The number of hydrogen-bond acceptors (Lipinski definition) is 4. The maximum atomic E-state index is 13.7. The quantitative estimate of drug-likeness (QED) is 0.705. The van der Waals surface area contributed by atoms with E-state index in [4.69, 9.17) is 9.72 Å². The van der Waals surface area contributed by atoms with E-state index in [1.807, 2.05) is 26.1 Å². The fourth-order valence-electron chi connectivity index (χ4n) is 5.21. The van der Waals surface area contributed by atoms with Crippen LogP contribution < -0.4 is 0 Å². The first-order valence-electron chi connectivity index (χ1n) is 11.4. The molecule has 2 heterocycles. The van der Waals surface area contributed by atoms with E-state index >= 15 is 0 Å². The number of carbonyl (C=O) groups is 1. The van der Waals surface area contributed by atoms with Gasteiger partial charge in [-0.15, -0.1) is 0 Å². The minimum absolute atomic E-state index is 0.320. The van der Waals surface area contributed by atoms with Crippen molar-refractivity contribution in [1.29, 1.82) is 0 Å². The third-order valence-electron chi connectivity index (χ3n) is 6.84. The SMILES string of the molecule is CCOCc1cnc(C)nc1C1CCN(C(=O)C2(c3ccccc3)CCCC2)CC1. The van der Waals surface area contributed by atoms with Crippen molar-refractivity contribution >= 4 is 5.91 Å². The Kier molecular flexibility index (Phi) is 6.47. The number of rotatable bonds is 6. The van der Waals surface area contributed by atoms with E-state index < -0.39 is 0 Å². The Hall–Kier alpha value is -2.27. The van der Waals surface area contributed by atoms with Crippen LogP contribution in [-0.2, 0) is 21.6 Å². The molecule has 0 radical (unpaired) electrons. The van der Waals surface area contributed by atoms with E-state index in [-0.39, 0.29) is 5.41 Å². The monoisotopic (exact) mass is 407 g/mol. The molecule has 1 aromatic heterocycles. The van der Waals surface area contributed by atoms with Crippen molar-refractivity contribution in [2.45, 2.75) is 70.3 Å². The lowest BCUT2D eigenvalue weighted by Crippen LogP contribution is -2.48. The average molecular weight is 408 g/mol. The number of aromatic nitrogens is 2. The van der Waals surface area contributed by atoms with Crippen LogP contribution >= 0.6 is 0 Å². The molecule has 0 unspecified atom stereocenters. The Morgan fingerprint density at radius 1 is 1.17 bits per heavy atom. The highest BCUT2D eigenvalue weighted by Gasteiger charge is 2.45. The van der Waals surface area contributed by atoms with Crippen LogP contribution in [0.15, 0.2) is 36.5 Å². The lowest BCUT2D eigenvalue weighted by molar-refractivity contribution is -0.138. The normalized spacial score (nSPS) is 19.2. The van der Waals surface area contributed by atoms with Gasteiger partial charge < -0.3 is 9.64 Å². The van der Waals surface area contributed by atoms with E-state index in [0.717, 1.165) is 68.7 Å². The molecule has 2 aliphatic rings. The van der Waals surface area contributed by atoms with Crippen LogP contribution in [0.3, 0.4) is 0 Å². The van der Waals surface area contributed by atoms with E-state index in [9.17, 15) is 4.79 Å². The molecule has 1 aromatic carbocycles. The lowest BCUT2D eigenvalue weighted by atomic mass is 9.77. The predicted molar refractivity (Wildman–Crippen MR) is 117 cm³/mol. The van der Waals surface area contributed by atoms with Crippen molar-refractivity contribution in [2.75, 3.05) is 19.7 Å². The van der Waals surface area contributed by atoms with Gasteiger partial charge in [0.15, 0.2) is 0 Å². The van der Waals surface area contributed by atoms with Crippen molar-refractivity contribution < 1.29 is 9.53 Å². The summed E-state index contributed by atoms with van der Waals surface area (Å²) >= 11 is 0. The zero-order chi connectivity index (χ0) is 21.0. The number of aryl methyl sites for hydroxylation is 1. The molecule has 0 spiro atoms. The number of piperidine rings is 1. The molecule has 0 N–H and O–H groups in total. The largest absolute Gasteiger partial charge is 0.377 e. The van der Waals surface area contributed by atoms with E-state index in [1.165, 1.54) is 5.56 Å². The summed E-state index contributed by atoms with van der Waals surface area (Å²) in [6, 6.07) is 10.4. The summed E-state index contributed by atoms with van der Waals surface area (Å²) in [4.78, 5) is 25.0. The minimum Gasteiger partial charge on any atom is -0.377 e. The Labute approximate surface area is 179 Å². The van der Waals surface area contributed by atoms with Gasteiger partial charge in [-0.25, -0.2) is 9.97 Å². The van der Waals surface area contributed by atoms with Gasteiger partial charge in [0.25, 0.3) is 0 Å². The van der Waals surface area contributed by atoms with Crippen LogP contribution in [0.2, 0.25) is 0 Å². The van der Waals surface area contributed by atoms with Gasteiger partial charge in [0.05, 0.1) is 17.7 Å². The Morgan fingerprint density at radius 3 is 2.53 bits per heavy atom. The molecular weight excluding hydrogens is 374 g/mol. The summed E-state index contributed by atoms with van der Waals surface area (Å²) in [6.07, 6.45) is 8.03. The molecule has 0 atom stereocenters. The molecule has 5 nitrogen and oxygen atoms in total. The van der Waals surface area contributed by atoms with Crippen molar-refractivity contribution in [3.63, 3.8) is 0 Å². The van der Waals surface area contributed by atoms with E-state index in [2.05, 4.69) is 34.1 Å². The molecule has 2 aromatic rings. The van der Waals surface area contributed by atoms with Gasteiger partial charge in [-0.3, -0.25) is 4.79 Å². The number of benzene rings is 1. The van der Waals surface area contributed by atoms with Gasteiger partial charge in [-0.2, -0.15) is 0 Å². The highest BCUT2D eigenvalue weighted by molar-refractivity contribution is 5.88. The third kappa shape index (κ3) is 4.13. The standard InChI is InChI=1S/C25H33N3O2/c1-3-30-18-21-17-26-19(2)27-23(21)20-11-15-28(16-12-20)24(29)25(13-7-8-14-25)22-9-5-4-6-10-22/h4-6,9-10,17,20H,3,7-8,11-16,18H2,1-2H3. The molecule has 160 valence electrons. The molecule has 30 heavy (non-hydrogen) atoms. The molecule has 1 amide bonds. The van der Waals surface area contributed by atoms with Crippen molar-refractivity contribution in [1.82, 2.24) is 14.9 Å². The molecule has 5 heteroatoms. The first-order valence-corrected chi connectivity index (χ1v) is 11.4. The van der Waals surface area contributed by atoms with Crippen LogP contribution in [0.5, 0.6) is 0 Å². The summed E-state index contributed by atoms with van der Waals surface area (Å²) in [5, 5.41) is 0. The van der Waals surface area contributed by atoms with Crippen LogP contribution in [0.25, 0.3) is 0 Å². The number of ether oxygens (including phenoxy) is 1. The van der Waals surface area contributed by atoms with Gasteiger partial charge in [0.1, 0.15) is 5.82 Å². The number of carbonyl (C=O) groups excluding carboxylic acids is 1. The van der Waals surface area contributed by atoms with Gasteiger partial charge in [-0.05, 0) is 45.1 Å². The lowest BCUT2D eigenvalue weighted by Gasteiger charge is -2.39. The van der Waals surface area contributed by atoms with Crippen LogP contribution in [0.1, 0.15) is 74.0 Å². The summed E-state index contributed by atoms with van der Waals surface area (Å²) in [5.74, 6) is 1.50. The second kappa shape index (κ2) is 9.25. The van der Waals surface area contributed by atoms with Gasteiger partial charge in [-0.1, -0.05) is 43.2 Å². The van der Waals surface area contributed by atoms with Gasteiger partial charge in [0, 0.05) is 37.4 Å². The van der Waals surface area contributed by atoms with Crippen molar-refractivity contribution in [3.8, 4) is 0 Å². The molecule has 4 rings (SSSR count). The fourth-order valence-corrected chi connectivity index (χ4v) is 5.21. The zero-order valence-corrected chi connectivity index (χ0v) is 18.3. The number of likely N-dealkylation sites (tertiary alicyclic amines) is 1. The molecule has 1 saturated carbocycles. The number of nitrogens with zero attached hydrogens (tertiary/aromatic N) is 3. The summed E-state index contributed by atoms with van der Waals surface area (Å²) in [5.41, 5.74) is 3.07. The maximum Gasteiger partial charge on any atom is 0.233 e. The fraction of sp³-hybridized carbons (Fsp3) is 0.560. The number of hydrogen-bond donors (Lipinski definition) is 0. The van der Waals surface area contributed by atoms with E-state index in [0.29, 0.717) is 25.0 Å². The molecule has 2 fully saturated rings. The topological polar surface area (TPSA) is 55.3 Å². The van der Waals surface area contributed by atoms with Crippen LogP contribution in [0, 0.1) is 6.92 Å². The second-order valence-electron chi connectivity index (χ2n) is 8.69. The second-order valence-corrected chi connectivity index (χ2v) is 8.69. The number of amides is 1. The predicted octanol–water partition coefficient (Wildman–Crippen LogP) is 4.54. The van der Waals surface area contributed by atoms with E-state index in [1.54, 1.807) is 0 Å². The highest BCUT2D eigenvalue weighted by atomic mass is 16.5. The Balaban J connectivity index is 1.48. The van der Waals surface area contributed by atoms with Crippen LogP contribution in [0.4, 0.5) is 0 Å². The maximum absolute atomic E-state index is 13.7. The molecule has 1 saturated heterocycles. The first-order chi connectivity index (χ1) is 14.6. The summed E-state index contributed by atoms with van der Waals surface area (Å²) in [7, 11) is 0. The average Bonchev–Trinajstić information content (AvgIpc) is 3.30. The third-order valence-corrected chi connectivity index (χ3v) is 6.84. The zero-order valence-electron chi connectivity index (χ0n) is 18.3. The first kappa shape index (κ1) is 21.0. The molecule has 1 aliphatic carbocycles. The smallest absolute Gasteiger partial charge is 0.233 e. The van der Waals surface area contributed by atoms with Gasteiger partial charge in [0.2, 0.25) is 5.91 Å². The van der Waals surface area contributed by atoms with Crippen LogP contribution in [-0.4, -0.2) is 40.5 Å². The van der Waals surface area contributed by atoms with Crippen molar-refractivity contribution in [2.24, 2.45) is 0 Å². The van der Waals surface area contributed by atoms with Crippen molar-refractivity contribution in [3.05, 3.63) is 59.2 Å². The minimum atomic E-state index is -0.320. The summed E-state index contributed by atoms with van der Waals surface area (Å²) in [6.45, 7) is 6.79. The molecular formula is C25H33N3O2. The van der Waals surface area contributed by atoms with Gasteiger partial charge >= 0.3 is 0 Å². The molecule has 1 aliphatic heterocycles. The Bertz CT molecular complexity index is 854. The summed E-state index contributed by atoms with van der Waals surface area (Å²) < 4.78 is 5.64. The molecule has 0 bridgehead atoms.